The third-order valence-electron chi connectivity index (χ3n) is 3.78. The third-order valence-corrected chi connectivity index (χ3v) is 4.37. The lowest BCUT2D eigenvalue weighted by Gasteiger charge is -2.23. The van der Waals surface area contributed by atoms with Crippen LogP contribution in [-0.2, 0) is 30.4 Å². The molecule has 29 heavy (non-hydrogen) atoms. The molecule has 9 heteroatoms. The number of amides is 2. The van der Waals surface area contributed by atoms with Gasteiger partial charge in [-0.2, -0.15) is 8.42 Å². The predicted octanol–water partition coefficient (Wildman–Crippen LogP) is 2.65. The molecule has 0 saturated carbocycles. The molecular weight excluding hydrogens is 396 g/mol. The van der Waals surface area contributed by atoms with Crippen molar-refractivity contribution in [3.05, 3.63) is 35.4 Å². The fourth-order valence-electron chi connectivity index (χ4n) is 2.40. The fourth-order valence-corrected chi connectivity index (χ4v) is 2.82. The summed E-state index contributed by atoms with van der Waals surface area (Å²) in [4.78, 5) is 24.7. The van der Waals surface area contributed by atoms with Gasteiger partial charge in [0.1, 0.15) is 11.6 Å². The maximum Gasteiger partial charge on any atom is 0.408 e. The molecule has 164 valence electrons. The molecule has 0 aliphatic heterocycles. The van der Waals surface area contributed by atoms with E-state index in [0.29, 0.717) is 25.8 Å². The minimum Gasteiger partial charge on any atom is -0.444 e. The monoisotopic (exact) mass is 428 g/mol. The van der Waals surface area contributed by atoms with Gasteiger partial charge in [-0.05, 0) is 52.5 Å². The van der Waals surface area contributed by atoms with Crippen LogP contribution in [-0.4, -0.2) is 44.9 Å². The van der Waals surface area contributed by atoms with Crippen LogP contribution < -0.4 is 10.6 Å². The Morgan fingerprint density at radius 3 is 2.28 bits per heavy atom. The van der Waals surface area contributed by atoms with Crippen molar-refractivity contribution in [1.29, 1.82) is 0 Å². The van der Waals surface area contributed by atoms with E-state index in [9.17, 15) is 18.0 Å². The summed E-state index contributed by atoms with van der Waals surface area (Å²) in [5.41, 5.74) is 1.39. The molecule has 0 aliphatic rings. The number of hydrogen-bond acceptors (Lipinski definition) is 6. The van der Waals surface area contributed by atoms with Gasteiger partial charge in [0.05, 0.1) is 12.9 Å². The zero-order valence-corrected chi connectivity index (χ0v) is 18.6. The van der Waals surface area contributed by atoms with Crippen molar-refractivity contribution >= 4 is 22.1 Å². The molecule has 0 saturated heterocycles. The molecule has 0 spiro atoms. The van der Waals surface area contributed by atoms with E-state index in [4.69, 9.17) is 8.92 Å². The maximum atomic E-state index is 12.6. The van der Waals surface area contributed by atoms with Crippen LogP contribution in [0.5, 0.6) is 0 Å². The Balaban J connectivity index is 2.62. The Kier molecular flexibility index (Phi) is 9.58. The first-order valence-electron chi connectivity index (χ1n) is 9.53. The normalized spacial score (nSPS) is 12.9. The Labute approximate surface area is 173 Å². The Bertz CT molecular complexity index is 769. The summed E-state index contributed by atoms with van der Waals surface area (Å²) in [5, 5.41) is 5.41. The first-order chi connectivity index (χ1) is 13.4. The molecule has 1 rings (SSSR count). The number of unbranched alkanes of at least 4 members (excludes halogenated alkanes) is 1. The summed E-state index contributed by atoms with van der Waals surface area (Å²) in [6, 6.07) is 6.97. The predicted molar refractivity (Wildman–Crippen MR) is 111 cm³/mol. The lowest BCUT2D eigenvalue weighted by molar-refractivity contribution is -0.123. The number of nitrogens with one attached hydrogen (secondary N) is 2. The van der Waals surface area contributed by atoms with Crippen LogP contribution in [0.15, 0.2) is 24.3 Å². The SMILES string of the molecule is Cc1ccc(CNC(=O)[C@H](CCCCOS(C)(=O)=O)NC(=O)OC(C)(C)C)cc1. The molecule has 0 unspecified atom stereocenters. The van der Waals surface area contributed by atoms with E-state index in [1.54, 1.807) is 20.8 Å². The van der Waals surface area contributed by atoms with Crippen LogP contribution in [0.25, 0.3) is 0 Å². The van der Waals surface area contributed by atoms with Gasteiger partial charge in [-0.15, -0.1) is 0 Å². The summed E-state index contributed by atoms with van der Waals surface area (Å²) < 4.78 is 31.9. The number of rotatable bonds is 10. The molecule has 1 atom stereocenters. The minimum absolute atomic E-state index is 0.0307. The van der Waals surface area contributed by atoms with Crippen LogP contribution in [0.3, 0.4) is 0 Å². The molecule has 0 fully saturated rings. The van der Waals surface area contributed by atoms with Crippen molar-refractivity contribution in [2.45, 2.75) is 65.1 Å². The number of hydrogen-bond donors (Lipinski definition) is 2. The summed E-state index contributed by atoms with van der Waals surface area (Å²) in [7, 11) is -3.49. The molecule has 0 heterocycles. The van der Waals surface area contributed by atoms with Gasteiger partial charge in [-0.25, -0.2) is 4.79 Å². The molecule has 1 aromatic rings. The largest absolute Gasteiger partial charge is 0.444 e. The molecule has 0 radical (unpaired) electrons. The van der Waals surface area contributed by atoms with Crippen molar-refractivity contribution in [2.24, 2.45) is 0 Å². The summed E-state index contributed by atoms with van der Waals surface area (Å²) in [5.74, 6) is -0.333. The van der Waals surface area contributed by atoms with Crippen LogP contribution in [0, 0.1) is 6.92 Å². The van der Waals surface area contributed by atoms with Gasteiger partial charge in [0.15, 0.2) is 0 Å². The van der Waals surface area contributed by atoms with Gasteiger partial charge >= 0.3 is 6.09 Å². The topological polar surface area (TPSA) is 111 Å². The molecule has 2 amide bonds. The summed E-state index contributed by atoms with van der Waals surface area (Å²) >= 11 is 0. The van der Waals surface area contributed by atoms with E-state index in [2.05, 4.69) is 10.6 Å². The highest BCUT2D eigenvalue weighted by Gasteiger charge is 2.24. The third kappa shape index (κ3) is 12.1. The second-order valence-electron chi connectivity index (χ2n) is 7.92. The van der Waals surface area contributed by atoms with Crippen molar-refractivity contribution in [1.82, 2.24) is 10.6 Å². The number of aryl methyl sites for hydroxylation is 1. The Morgan fingerprint density at radius 2 is 1.72 bits per heavy atom. The van der Waals surface area contributed by atoms with Crippen molar-refractivity contribution in [3.63, 3.8) is 0 Å². The second-order valence-corrected chi connectivity index (χ2v) is 9.57. The lowest BCUT2D eigenvalue weighted by atomic mass is 10.1. The van der Waals surface area contributed by atoms with Gasteiger partial charge in [-0.3, -0.25) is 8.98 Å². The molecular formula is C20H32N2O6S. The highest BCUT2D eigenvalue weighted by Crippen LogP contribution is 2.09. The maximum absolute atomic E-state index is 12.6. The van der Waals surface area contributed by atoms with Gasteiger partial charge in [0, 0.05) is 6.54 Å². The molecule has 0 aliphatic carbocycles. The van der Waals surface area contributed by atoms with E-state index in [1.165, 1.54) is 0 Å². The second kappa shape index (κ2) is 11.2. The number of carbonyl (C=O) groups excluding carboxylic acids is 2. The smallest absolute Gasteiger partial charge is 0.408 e. The molecule has 1 aromatic carbocycles. The first kappa shape index (κ1) is 24.9. The van der Waals surface area contributed by atoms with Gasteiger partial charge < -0.3 is 15.4 Å². The zero-order chi connectivity index (χ0) is 22.1. The summed E-state index contributed by atoms with van der Waals surface area (Å²) in [6.07, 6.45) is 1.56. The molecule has 8 nitrogen and oxygen atoms in total. The number of carbonyl (C=O) groups is 2. The number of benzene rings is 1. The number of alkyl carbamates (subject to hydrolysis) is 1. The van der Waals surface area contributed by atoms with Gasteiger partial charge in [0.2, 0.25) is 5.91 Å². The fraction of sp³-hybridized carbons (Fsp3) is 0.600. The van der Waals surface area contributed by atoms with Crippen LogP contribution in [0.2, 0.25) is 0 Å². The van der Waals surface area contributed by atoms with Crippen LogP contribution in [0.4, 0.5) is 4.79 Å². The average Bonchev–Trinajstić information content (AvgIpc) is 2.57. The molecule has 2 N–H and O–H groups in total. The van der Waals surface area contributed by atoms with E-state index < -0.39 is 27.9 Å². The number of ether oxygens (including phenoxy) is 1. The molecule has 0 bridgehead atoms. The van der Waals surface area contributed by atoms with Crippen molar-refractivity contribution in [2.75, 3.05) is 12.9 Å². The van der Waals surface area contributed by atoms with Crippen molar-refractivity contribution in [3.8, 4) is 0 Å². The zero-order valence-electron chi connectivity index (χ0n) is 17.8. The van der Waals surface area contributed by atoms with Gasteiger partial charge in [-0.1, -0.05) is 29.8 Å². The van der Waals surface area contributed by atoms with E-state index in [-0.39, 0.29) is 12.5 Å². The highest BCUT2D eigenvalue weighted by atomic mass is 32.2. The lowest BCUT2D eigenvalue weighted by Crippen LogP contribution is -2.48. The Morgan fingerprint density at radius 1 is 1.10 bits per heavy atom. The quantitative estimate of drug-likeness (QED) is 0.438. The van der Waals surface area contributed by atoms with Crippen molar-refractivity contribution < 1.29 is 26.9 Å². The molecule has 0 aromatic heterocycles. The minimum atomic E-state index is -3.49. The van der Waals surface area contributed by atoms with Crippen LogP contribution in [0.1, 0.15) is 51.2 Å². The first-order valence-corrected chi connectivity index (χ1v) is 11.3. The van der Waals surface area contributed by atoms with E-state index in [1.807, 2.05) is 31.2 Å². The average molecular weight is 429 g/mol. The highest BCUT2D eigenvalue weighted by molar-refractivity contribution is 7.85. The standard InChI is InChI=1S/C20H32N2O6S/c1-15-9-11-16(12-10-15)14-21-18(23)17(22-19(24)28-20(2,3)4)8-6-7-13-27-29(5,25)26/h9-12,17H,6-8,13-14H2,1-5H3,(H,21,23)(H,22,24)/t17-/m0/s1. The van der Waals surface area contributed by atoms with Gasteiger partial charge in [0.25, 0.3) is 10.1 Å². The van der Waals surface area contributed by atoms with Crippen LogP contribution >= 0.6 is 0 Å². The Hall–Kier alpha value is -2.13. The van der Waals surface area contributed by atoms with E-state index >= 15 is 0 Å². The van der Waals surface area contributed by atoms with E-state index in [0.717, 1.165) is 17.4 Å². The summed E-state index contributed by atoms with van der Waals surface area (Å²) in [6.45, 7) is 7.56.